The summed E-state index contributed by atoms with van der Waals surface area (Å²) in [7, 11) is 1.63. The number of nitrogens with one attached hydrogen (secondary N) is 2. The molecule has 2 fully saturated rings. The molecule has 1 aliphatic carbocycles. The zero-order valence-electron chi connectivity index (χ0n) is 17.7. The zero-order chi connectivity index (χ0) is 22.2. The number of urea groups is 1. The Morgan fingerprint density at radius 1 is 1.13 bits per heavy atom. The third kappa shape index (κ3) is 3.41. The second-order valence-electron chi connectivity index (χ2n) is 8.00. The predicted molar refractivity (Wildman–Crippen MR) is 114 cm³/mol. The van der Waals surface area contributed by atoms with Crippen LogP contribution in [0.1, 0.15) is 39.0 Å². The van der Waals surface area contributed by atoms with Crippen molar-refractivity contribution < 1.29 is 14.4 Å². The van der Waals surface area contributed by atoms with Crippen molar-refractivity contribution >= 4 is 34.7 Å². The van der Waals surface area contributed by atoms with E-state index < -0.39 is 24.0 Å². The number of hydrazine groups is 1. The Bertz CT molecular complexity index is 1100. The number of amides is 4. The average molecular weight is 426 g/mol. The lowest BCUT2D eigenvalue weighted by Gasteiger charge is -2.35. The van der Waals surface area contributed by atoms with Crippen LogP contribution in [-0.4, -0.2) is 56.3 Å². The number of hydrogen-bond donors (Lipinski definition) is 2. The monoisotopic (exact) mass is 426 g/mol. The molecular formula is C21H26N6O4. The summed E-state index contributed by atoms with van der Waals surface area (Å²) in [5.41, 5.74) is 4.58. The number of anilines is 1. The predicted octanol–water partition coefficient (Wildman–Crippen LogP) is 1.46. The van der Waals surface area contributed by atoms with E-state index >= 15 is 0 Å². The fraction of sp³-hybridized carbons (Fsp3) is 0.476. The molecule has 31 heavy (non-hydrogen) atoms. The van der Waals surface area contributed by atoms with Gasteiger partial charge in [0.05, 0.1) is 10.9 Å². The van der Waals surface area contributed by atoms with Crippen molar-refractivity contribution in [2.75, 3.05) is 19.0 Å². The van der Waals surface area contributed by atoms with E-state index in [0.717, 1.165) is 24.2 Å². The van der Waals surface area contributed by atoms with Crippen molar-refractivity contribution in [3.63, 3.8) is 0 Å². The maximum absolute atomic E-state index is 13.0. The highest BCUT2D eigenvalue weighted by Crippen LogP contribution is 2.39. The van der Waals surface area contributed by atoms with Crippen LogP contribution < -0.4 is 16.4 Å². The molecule has 2 aromatic rings. The first-order valence-corrected chi connectivity index (χ1v) is 10.5. The van der Waals surface area contributed by atoms with Crippen molar-refractivity contribution in [2.45, 2.75) is 51.1 Å². The zero-order valence-corrected chi connectivity index (χ0v) is 17.7. The molecule has 1 saturated carbocycles. The van der Waals surface area contributed by atoms with Gasteiger partial charge >= 0.3 is 6.03 Å². The van der Waals surface area contributed by atoms with Crippen LogP contribution in [-0.2, 0) is 16.1 Å². The molecule has 10 heteroatoms. The Hall–Kier alpha value is -3.43. The molecule has 1 saturated heterocycles. The van der Waals surface area contributed by atoms with Crippen molar-refractivity contribution in [1.29, 1.82) is 0 Å². The highest BCUT2D eigenvalue weighted by molar-refractivity contribution is 6.09. The number of rotatable bonds is 5. The van der Waals surface area contributed by atoms with Gasteiger partial charge in [-0.25, -0.2) is 9.78 Å². The van der Waals surface area contributed by atoms with Gasteiger partial charge in [-0.1, -0.05) is 31.4 Å². The molecular weight excluding hydrogens is 400 g/mol. The number of nitrogens with zero attached hydrogens (tertiary/aromatic N) is 4. The molecule has 2 heterocycles. The molecule has 2 N–H and O–H groups in total. The van der Waals surface area contributed by atoms with E-state index in [9.17, 15) is 19.2 Å². The molecule has 0 bridgehead atoms. The van der Waals surface area contributed by atoms with Gasteiger partial charge in [-0.05, 0) is 31.9 Å². The molecule has 0 unspecified atom stereocenters. The second-order valence-corrected chi connectivity index (χ2v) is 8.00. The van der Waals surface area contributed by atoms with Crippen molar-refractivity contribution in [1.82, 2.24) is 24.8 Å². The Balaban J connectivity index is 1.48. The Labute approximate surface area is 179 Å². The van der Waals surface area contributed by atoms with Gasteiger partial charge < -0.3 is 4.90 Å². The molecule has 0 radical (unpaired) electrons. The second kappa shape index (κ2) is 8.01. The number of benzene rings is 1. The van der Waals surface area contributed by atoms with E-state index in [4.69, 9.17) is 0 Å². The number of carbonyl (C=O) groups is 3. The van der Waals surface area contributed by atoms with E-state index in [1.54, 1.807) is 38.2 Å². The first-order valence-electron chi connectivity index (χ1n) is 10.5. The van der Waals surface area contributed by atoms with Crippen LogP contribution in [0, 0.1) is 0 Å². The van der Waals surface area contributed by atoms with E-state index in [1.165, 1.54) is 9.47 Å². The maximum atomic E-state index is 13.0. The highest BCUT2D eigenvalue weighted by atomic mass is 16.2. The van der Waals surface area contributed by atoms with Crippen molar-refractivity contribution in [3.8, 4) is 0 Å². The van der Waals surface area contributed by atoms with E-state index in [-0.39, 0.29) is 17.4 Å². The number of fused-ring (bicyclic) bond motifs is 1. The van der Waals surface area contributed by atoms with Gasteiger partial charge in [0.15, 0.2) is 0 Å². The lowest BCUT2D eigenvalue weighted by atomic mass is 9.81. The van der Waals surface area contributed by atoms with Crippen molar-refractivity contribution in [2.24, 2.45) is 0 Å². The number of hydrogen-bond acceptors (Lipinski definition) is 6. The van der Waals surface area contributed by atoms with Gasteiger partial charge in [0.1, 0.15) is 12.1 Å². The summed E-state index contributed by atoms with van der Waals surface area (Å²) in [6, 6.07) is 6.48. The van der Waals surface area contributed by atoms with E-state index in [0.29, 0.717) is 30.3 Å². The minimum absolute atomic E-state index is 0.180. The Morgan fingerprint density at radius 2 is 1.84 bits per heavy atom. The van der Waals surface area contributed by atoms with Crippen LogP contribution in [0.3, 0.4) is 0 Å². The summed E-state index contributed by atoms with van der Waals surface area (Å²) in [5.74, 6) is -0.711. The third-order valence-electron chi connectivity index (χ3n) is 6.28. The number of aromatic nitrogens is 2. The highest BCUT2D eigenvalue weighted by Gasteiger charge is 2.55. The number of para-hydroxylation sites is 1. The van der Waals surface area contributed by atoms with Crippen LogP contribution in [0.15, 0.2) is 29.1 Å². The minimum Gasteiger partial charge on any atom is -0.313 e. The molecule has 10 nitrogen and oxygen atoms in total. The number of likely N-dealkylation sites (N-methyl/N-ethyl adjacent to an activating group) is 1. The smallest absolute Gasteiger partial charge is 0.313 e. The van der Waals surface area contributed by atoms with Gasteiger partial charge in [-0.3, -0.25) is 34.7 Å². The molecule has 0 atom stereocenters. The van der Waals surface area contributed by atoms with Crippen molar-refractivity contribution in [3.05, 3.63) is 34.6 Å². The van der Waals surface area contributed by atoms with E-state index in [1.807, 2.05) is 0 Å². The SMILES string of the molecule is CCn1c(NNC(=O)CN2C(=O)N(C)C3(CCCCC3)C2=O)nc2ccccc2c1=O. The standard InChI is InChI=1S/C21H26N6O4/c1-3-26-17(29)14-9-5-6-10-15(14)22-19(26)24-23-16(28)13-27-18(30)21(25(2)20(27)31)11-7-4-8-12-21/h5-6,9-10H,3-4,7-8,11-13H2,1-2H3,(H,22,24)(H,23,28). The third-order valence-corrected chi connectivity index (χ3v) is 6.28. The average Bonchev–Trinajstić information content (AvgIpc) is 2.94. The van der Waals surface area contributed by atoms with Crippen LogP contribution in [0.2, 0.25) is 0 Å². The maximum Gasteiger partial charge on any atom is 0.327 e. The van der Waals surface area contributed by atoms with Gasteiger partial charge in [0.25, 0.3) is 17.4 Å². The summed E-state index contributed by atoms with van der Waals surface area (Å²) >= 11 is 0. The summed E-state index contributed by atoms with van der Waals surface area (Å²) in [4.78, 5) is 57.8. The lowest BCUT2D eigenvalue weighted by molar-refractivity contribution is -0.137. The first-order chi connectivity index (χ1) is 14.9. The van der Waals surface area contributed by atoms with Crippen LogP contribution in [0.25, 0.3) is 10.9 Å². The molecule has 1 aromatic carbocycles. The van der Waals surface area contributed by atoms with Crippen LogP contribution in [0.4, 0.5) is 10.7 Å². The summed E-state index contributed by atoms with van der Waals surface area (Å²) in [6.45, 7) is 1.75. The molecule has 2 aliphatic rings. The fourth-order valence-electron chi connectivity index (χ4n) is 4.54. The van der Waals surface area contributed by atoms with Gasteiger partial charge in [-0.15, -0.1) is 0 Å². The Morgan fingerprint density at radius 3 is 2.55 bits per heavy atom. The largest absolute Gasteiger partial charge is 0.327 e. The van der Waals surface area contributed by atoms with Gasteiger partial charge in [0, 0.05) is 13.6 Å². The molecule has 164 valence electrons. The molecule has 1 aliphatic heterocycles. The number of imide groups is 1. The van der Waals surface area contributed by atoms with Gasteiger partial charge in [0.2, 0.25) is 5.95 Å². The summed E-state index contributed by atoms with van der Waals surface area (Å²) in [5, 5.41) is 0.482. The normalized spacial score (nSPS) is 18.1. The van der Waals surface area contributed by atoms with Crippen LogP contribution in [0.5, 0.6) is 0 Å². The van der Waals surface area contributed by atoms with E-state index in [2.05, 4.69) is 15.8 Å². The minimum atomic E-state index is -0.828. The lowest BCUT2D eigenvalue weighted by Crippen LogP contribution is -2.49. The summed E-state index contributed by atoms with van der Waals surface area (Å²) < 4.78 is 1.40. The van der Waals surface area contributed by atoms with Crippen LogP contribution >= 0.6 is 0 Å². The molecule has 4 amide bonds. The molecule has 4 rings (SSSR count). The fourth-order valence-corrected chi connectivity index (χ4v) is 4.54. The quantitative estimate of drug-likeness (QED) is 0.552. The Kier molecular flexibility index (Phi) is 5.38. The molecule has 1 aromatic heterocycles. The molecule has 1 spiro atoms. The summed E-state index contributed by atoms with van der Waals surface area (Å²) in [6.07, 6.45) is 4.04. The topological polar surface area (TPSA) is 117 Å². The number of carbonyl (C=O) groups excluding carboxylic acids is 3. The first kappa shape index (κ1) is 20.8. The van der Waals surface area contributed by atoms with Gasteiger partial charge in [-0.2, -0.15) is 0 Å².